The van der Waals surface area contributed by atoms with Gasteiger partial charge in [0.1, 0.15) is 0 Å². The summed E-state index contributed by atoms with van der Waals surface area (Å²) in [6, 6.07) is 6.66. The molecule has 0 radical (unpaired) electrons. The Hall–Kier alpha value is -1.70. The van der Waals surface area contributed by atoms with Crippen LogP contribution in [-0.2, 0) is 6.42 Å². The van der Waals surface area contributed by atoms with Crippen molar-refractivity contribution in [2.45, 2.75) is 40.5 Å². The number of benzene rings is 1. The summed E-state index contributed by atoms with van der Waals surface area (Å²) in [6.07, 6.45) is 3.85. The quantitative estimate of drug-likeness (QED) is 0.837. The Morgan fingerprint density at radius 3 is 2.68 bits per heavy atom. The van der Waals surface area contributed by atoms with Crippen LogP contribution in [0, 0.1) is 12.8 Å². The summed E-state index contributed by atoms with van der Waals surface area (Å²) < 4.78 is 0. The lowest BCUT2D eigenvalue weighted by Crippen LogP contribution is -1.96. The van der Waals surface area contributed by atoms with Crippen molar-refractivity contribution in [1.82, 2.24) is 4.98 Å². The minimum atomic E-state index is 0.605. The lowest BCUT2D eigenvalue weighted by molar-refractivity contribution is 0.673. The van der Waals surface area contributed by atoms with E-state index in [0.29, 0.717) is 5.92 Å². The van der Waals surface area contributed by atoms with Crippen LogP contribution in [0.1, 0.15) is 44.0 Å². The average molecular weight is 256 g/mol. The first-order valence-corrected chi connectivity index (χ1v) is 7.09. The van der Waals surface area contributed by atoms with Gasteiger partial charge in [-0.05, 0) is 55.2 Å². The predicted molar refractivity (Wildman–Crippen MR) is 84.0 cm³/mol. The van der Waals surface area contributed by atoms with E-state index < -0.39 is 0 Å². The van der Waals surface area contributed by atoms with Crippen LogP contribution in [-0.4, -0.2) is 4.98 Å². The van der Waals surface area contributed by atoms with E-state index in [-0.39, 0.29) is 0 Å². The predicted octanol–water partition coefficient (Wildman–Crippen LogP) is 4.38. The zero-order chi connectivity index (χ0) is 14.0. The summed E-state index contributed by atoms with van der Waals surface area (Å²) in [7, 11) is 0. The van der Waals surface area contributed by atoms with E-state index in [1.807, 2.05) is 0 Å². The first-order valence-electron chi connectivity index (χ1n) is 7.09. The number of hydrogen-bond donors (Lipinski definition) is 2. The van der Waals surface area contributed by atoms with E-state index in [2.05, 4.69) is 50.9 Å². The van der Waals surface area contributed by atoms with Gasteiger partial charge in [-0.1, -0.05) is 26.8 Å². The minimum absolute atomic E-state index is 0.605. The second kappa shape index (κ2) is 5.52. The van der Waals surface area contributed by atoms with Crippen molar-refractivity contribution in [2.75, 3.05) is 0 Å². The van der Waals surface area contributed by atoms with Crippen molar-refractivity contribution >= 4 is 16.5 Å². The van der Waals surface area contributed by atoms with Gasteiger partial charge in [0.15, 0.2) is 0 Å². The molecule has 1 aromatic carbocycles. The van der Waals surface area contributed by atoms with Gasteiger partial charge in [0.2, 0.25) is 0 Å². The van der Waals surface area contributed by atoms with Crippen LogP contribution in [0.3, 0.4) is 0 Å². The van der Waals surface area contributed by atoms with E-state index >= 15 is 0 Å². The molecule has 0 saturated carbocycles. The van der Waals surface area contributed by atoms with Crippen LogP contribution in [0.15, 0.2) is 24.4 Å². The van der Waals surface area contributed by atoms with E-state index in [1.165, 1.54) is 33.3 Å². The molecule has 102 valence electrons. The van der Waals surface area contributed by atoms with Crippen molar-refractivity contribution in [3.8, 4) is 0 Å². The van der Waals surface area contributed by atoms with Gasteiger partial charge in [0.25, 0.3) is 0 Å². The van der Waals surface area contributed by atoms with Gasteiger partial charge in [-0.25, -0.2) is 0 Å². The maximum absolute atomic E-state index is 5.87. The standard InChI is InChI=1S/C17H24N2/c1-5-13-6-7-16-15(9-13)17(12(4)19-16)14(10-18)8-11(2)3/h6-7,9-11,19H,5,8,18H2,1-4H3/b14-10+. The second-order valence-corrected chi connectivity index (χ2v) is 5.65. The molecule has 2 nitrogen and oxygen atoms in total. The minimum Gasteiger partial charge on any atom is -0.404 e. The zero-order valence-corrected chi connectivity index (χ0v) is 12.4. The monoisotopic (exact) mass is 256 g/mol. The molecule has 0 fully saturated rings. The Balaban J connectivity index is 2.60. The maximum Gasteiger partial charge on any atom is 0.0462 e. The summed E-state index contributed by atoms with van der Waals surface area (Å²) in [4.78, 5) is 3.47. The molecular weight excluding hydrogens is 232 g/mol. The Labute approximate surface area is 115 Å². The average Bonchev–Trinajstić information content (AvgIpc) is 2.70. The molecule has 0 unspecified atom stereocenters. The van der Waals surface area contributed by atoms with Crippen molar-refractivity contribution in [3.05, 3.63) is 41.2 Å². The third-order valence-corrected chi connectivity index (χ3v) is 3.61. The molecule has 2 aromatic rings. The highest BCUT2D eigenvalue weighted by molar-refractivity contribution is 5.94. The van der Waals surface area contributed by atoms with E-state index in [9.17, 15) is 0 Å². The molecule has 0 amide bonds. The highest BCUT2D eigenvalue weighted by atomic mass is 14.7. The number of allylic oxidation sites excluding steroid dienone is 1. The summed E-state index contributed by atoms with van der Waals surface area (Å²) in [5, 5.41) is 1.30. The van der Waals surface area contributed by atoms with Gasteiger partial charge in [-0.15, -0.1) is 0 Å². The number of aryl methyl sites for hydroxylation is 2. The van der Waals surface area contributed by atoms with E-state index in [4.69, 9.17) is 5.73 Å². The molecule has 1 aromatic heterocycles. The number of H-pyrrole nitrogens is 1. The Kier molecular flexibility index (Phi) is 3.98. The normalized spacial score (nSPS) is 12.6. The number of fused-ring (bicyclic) bond motifs is 1. The zero-order valence-electron chi connectivity index (χ0n) is 12.4. The van der Waals surface area contributed by atoms with Gasteiger partial charge < -0.3 is 10.7 Å². The number of rotatable bonds is 4. The SMILES string of the molecule is CCc1ccc2[nH]c(C)c(/C(=C/N)CC(C)C)c2c1. The Morgan fingerprint density at radius 1 is 1.37 bits per heavy atom. The smallest absolute Gasteiger partial charge is 0.0462 e. The van der Waals surface area contributed by atoms with Gasteiger partial charge >= 0.3 is 0 Å². The number of aromatic nitrogens is 1. The molecule has 0 saturated heterocycles. The molecule has 2 heteroatoms. The summed E-state index contributed by atoms with van der Waals surface area (Å²) in [5.74, 6) is 0.605. The lowest BCUT2D eigenvalue weighted by Gasteiger charge is -2.10. The highest BCUT2D eigenvalue weighted by Crippen LogP contribution is 2.32. The fraction of sp³-hybridized carbons (Fsp3) is 0.412. The fourth-order valence-corrected chi connectivity index (χ4v) is 2.70. The first kappa shape index (κ1) is 13.7. The number of nitrogens with one attached hydrogen (secondary N) is 1. The topological polar surface area (TPSA) is 41.8 Å². The highest BCUT2D eigenvalue weighted by Gasteiger charge is 2.14. The van der Waals surface area contributed by atoms with Crippen LogP contribution >= 0.6 is 0 Å². The summed E-state index contributed by atoms with van der Waals surface area (Å²) in [5.41, 5.74) is 12.2. The molecule has 0 aliphatic heterocycles. The third kappa shape index (κ3) is 2.67. The Bertz CT molecular complexity index is 603. The largest absolute Gasteiger partial charge is 0.404 e. The molecule has 3 N–H and O–H groups in total. The van der Waals surface area contributed by atoms with Gasteiger partial charge in [0, 0.05) is 22.2 Å². The summed E-state index contributed by atoms with van der Waals surface area (Å²) in [6.45, 7) is 8.77. The number of nitrogens with two attached hydrogens (primary N) is 1. The van der Waals surface area contributed by atoms with Crippen LogP contribution in [0.4, 0.5) is 0 Å². The Morgan fingerprint density at radius 2 is 2.11 bits per heavy atom. The van der Waals surface area contributed by atoms with Crippen molar-refractivity contribution < 1.29 is 0 Å². The van der Waals surface area contributed by atoms with Gasteiger partial charge in [0.05, 0.1) is 0 Å². The van der Waals surface area contributed by atoms with Crippen molar-refractivity contribution in [3.63, 3.8) is 0 Å². The second-order valence-electron chi connectivity index (χ2n) is 5.65. The van der Waals surface area contributed by atoms with Crippen molar-refractivity contribution in [1.29, 1.82) is 0 Å². The number of hydrogen-bond acceptors (Lipinski definition) is 1. The van der Waals surface area contributed by atoms with Crippen molar-refractivity contribution in [2.24, 2.45) is 11.7 Å². The lowest BCUT2D eigenvalue weighted by atomic mass is 9.94. The van der Waals surface area contributed by atoms with Crippen LogP contribution in [0.25, 0.3) is 16.5 Å². The van der Waals surface area contributed by atoms with Gasteiger partial charge in [-0.3, -0.25) is 0 Å². The summed E-state index contributed by atoms with van der Waals surface area (Å²) >= 11 is 0. The molecule has 19 heavy (non-hydrogen) atoms. The molecule has 0 spiro atoms. The van der Waals surface area contributed by atoms with Crippen LogP contribution in [0.5, 0.6) is 0 Å². The molecule has 0 aliphatic rings. The first-order chi connectivity index (χ1) is 9.06. The van der Waals surface area contributed by atoms with Crippen LogP contribution < -0.4 is 5.73 Å². The molecule has 1 heterocycles. The maximum atomic E-state index is 5.87. The van der Waals surface area contributed by atoms with E-state index in [1.54, 1.807) is 6.20 Å². The van der Waals surface area contributed by atoms with Crippen LogP contribution in [0.2, 0.25) is 0 Å². The molecule has 0 bridgehead atoms. The van der Waals surface area contributed by atoms with E-state index in [0.717, 1.165) is 12.8 Å². The molecular formula is C17H24N2. The fourth-order valence-electron chi connectivity index (χ4n) is 2.70. The molecule has 2 rings (SSSR count). The number of aromatic amines is 1. The third-order valence-electron chi connectivity index (χ3n) is 3.61. The molecule has 0 atom stereocenters. The van der Waals surface area contributed by atoms with Gasteiger partial charge in [-0.2, -0.15) is 0 Å². The molecule has 0 aliphatic carbocycles.